The molecule has 1 aliphatic rings. The van der Waals surface area contributed by atoms with Crippen LogP contribution in [0.25, 0.3) is 0 Å². The molecule has 1 unspecified atom stereocenters. The Morgan fingerprint density at radius 2 is 2.22 bits per heavy atom. The van der Waals surface area contributed by atoms with E-state index in [1.807, 2.05) is 0 Å². The number of nitrogens with one attached hydrogen (secondary N) is 1. The topological polar surface area (TPSA) is 55.4 Å². The third kappa shape index (κ3) is 3.71. The molecule has 0 bridgehead atoms. The molecule has 1 fully saturated rings. The SMILES string of the molecule is CS(=O)(=O)c1cccc(OCC2CCCCN2)c1. The minimum Gasteiger partial charge on any atom is -0.492 e. The van der Waals surface area contributed by atoms with Crippen LogP contribution in [0.1, 0.15) is 19.3 Å². The second-order valence-corrected chi connectivity index (χ2v) is 6.72. The lowest BCUT2D eigenvalue weighted by Gasteiger charge is -2.23. The van der Waals surface area contributed by atoms with Gasteiger partial charge in [0.25, 0.3) is 0 Å². The van der Waals surface area contributed by atoms with Gasteiger partial charge in [0.15, 0.2) is 9.84 Å². The predicted molar refractivity (Wildman–Crippen MR) is 70.7 cm³/mol. The summed E-state index contributed by atoms with van der Waals surface area (Å²) in [4.78, 5) is 0.302. The molecule has 1 aliphatic heterocycles. The largest absolute Gasteiger partial charge is 0.492 e. The van der Waals surface area contributed by atoms with E-state index in [-0.39, 0.29) is 0 Å². The third-order valence-corrected chi connectivity index (χ3v) is 4.21. The fourth-order valence-corrected chi connectivity index (χ4v) is 2.71. The first kappa shape index (κ1) is 13.4. The number of benzene rings is 1. The molecule has 1 saturated heterocycles. The first-order valence-corrected chi connectivity index (χ1v) is 8.11. The molecule has 4 nitrogen and oxygen atoms in total. The standard InChI is InChI=1S/C13H19NO3S/c1-18(15,16)13-7-4-6-12(9-13)17-10-11-5-2-3-8-14-11/h4,6-7,9,11,14H,2-3,5,8,10H2,1H3. The second-order valence-electron chi connectivity index (χ2n) is 4.70. The Bertz CT molecular complexity index is 493. The van der Waals surface area contributed by atoms with Gasteiger partial charge in [0.2, 0.25) is 0 Å². The van der Waals surface area contributed by atoms with Gasteiger partial charge in [0.05, 0.1) is 4.90 Å². The molecule has 1 heterocycles. The Morgan fingerprint density at radius 1 is 1.39 bits per heavy atom. The van der Waals surface area contributed by atoms with Crippen LogP contribution in [0.3, 0.4) is 0 Å². The van der Waals surface area contributed by atoms with Crippen LogP contribution in [0.4, 0.5) is 0 Å². The van der Waals surface area contributed by atoms with Crippen LogP contribution in [0.2, 0.25) is 0 Å². The minimum atomic E-state index is -3.16. The maximum absolute atomic E-state index is 11.4. The zero-order valence-electron chi connectivity index (χ0n) is 10.6. The molecular weight excluding hydrogens is 250 g/mol. The molecule has 0 aliphatic carbocycles. The molecule has 1 aromatic carbocycles. The maximum atomic E-state index is 11.4. The van der Waals surface area contributed by atoms with E-state index in [0.717, 1.165) is 13.0 Å². The number of piperidine rings is 1. The average molecular weight is 269 g/mol. The highest BCUT2D eigenvalue weighted by atomic mass is 32.2. The molecule has 0 aromatic heterocycles. The van der Waals surface area contributed by atoms with Crippen LogP contribution in [0.15, 0.2) is 29.2 Å². The predicted octanol–water partition coefficient (Wildman–Crippen LogP) is 1.61. The molecule has 100 valence electrons. The van der Waals surface area contributed by atoms with E-state index in [9.17, 15) is 8.42 Å². The van der Waals surface area contributed by atoms with Crippen molar-refractivity contribution in [1.82, 2.24) is 5.32 Å². The first-order chi connectivity index (χ1) is 8.55. The van der Waals surface area contributed by atoms with Crippen LogP contribution < -0.4 is 10.1 Å². The van der Waals surface area contributed by atoms with Crippen molar-refractivity contribution in [3.05, 3.63) is 24.3 Å². The summed E-state index contributed by atoms with van der Waals surface area (Å²) in [7, 11) is -3.16. The van der Waals surface area contributed by atoms with Gasteiger partial charge in [-0.15, -0.1) is 0 Å². The van der Waals surface area contributed by atoms with Crippen molar-refractivity contribution in [2.45, 2.75) is 30.2 Å². The summed E-state index contributed by atoms with van der Waals surface area (Å²) in [6.45, 7) is 1.63. The van der Waals surface area contributed by atoms with Crippen molar-refractivity contribution in [2.24, 2.45) is 0 Å². The van der Waals surface area contributed by atoms with Gasteiger partial charge >= 0.3 is 0 Å². The summed E-state index contributed by atoms with van der Waals surface area (Å²) in [5.74, 6) is 0.616. The van der Waals surface area contributed by atoms with Crippen molar-refractivity contribution in [1.29, 1.82) is 0 Å². The molecule has 0 spiro atoms. The number of sulfone groups is 1. The summed E-state index contributed by atoms with van der Waals surface area (Å²) in [5, 5.41) is 3.39. The van der Waals surface area contributed by atoms with Gasteiger partial charge in [0, 0.05) is 12.3 Å². The summed E-state index contributed by atoms with van der Waals surface area (Å²) in [6.07, 6.45) is 4.77. The normalized spacial score (nSPS) is 20.6. The zero-order valence-corrected chi connectivity index (χ0v) is 11.4. The van der Waals surface area contributed by atoms with Crippen molar-refractivity contribution in [2.75, 3.05) is 19.4 Å². The van der Waals surface area contributed by atoms with Crippen LogP contribution in [-0.4, -0.2) is 33.9 Å². The van der Waals surface area contributed by atoms with Crippen LogP contribution in [-0.2, 0) is 9.84 Å². The average Bonchev–Trinajstić information content (AvgIpc) is 2.37. The van der Waals surface area contributed by atoms with Gasteiger partial charge in [0.1, 0.15) is 12.4 Å². The molecule has 2 rings (SSSR count). The van der Waals surface area contributed by atoms with Gasteiger partial charge in [-0.2, -0.15) is 0 Å². The van der Waals surface area contributed by atoms with Gasteiger partial charge in [-0.25, -0.2) is 8.42 Å². The highest BCUT2D eigenvalue weighted by Gasteiger charge is 2.13. The van der Waals surface area contributed by atoms with Crippen molar-refractivity contribution in [3.63, 3.8) is 0 Å². The minimum absolute atomic E-state index is 0.302. The van der Waals surface area contributed by atoms with E-state index in [0.29, 0.717) is 23.3 Å². The fraction of sp³-hybridized carbons (Fsp3) is 0.538. The van der Waals surface area contributed by atoms with Gasteiger partial charge < -0.3 is 10.1 Å². The molecule has 1 atom stereocenters. The molecule has 0 radical (unpaired) electrons. The van der Waals surface area contributed by atoms with E-state index < -0.39 is 9.84 Å². The van der Waals surface area contributed by atoms with E-state index in [1.165, 1.54) is 19.1 Å². The highest BCUT2D eigenvalue weighted by Crippen LogP contribution is 2.18. The quantitative estimate of drug-likeness (QED) is 0.902. The fourth-order valence-electron chi connectivity index (χ4n) is 2.06. The molecule has 5 heteroatoms. The lowest BCUT2D eigenvalue weighted by Crippen LogP contribution is -2.38. The number of hydrogen-bond acceptors (Lipinski definition) is 4. The molecule has 1 aromatic rings. The van der Waals surface area contributed by atoms with Gasteiger partial charge in [-0.1, -0.05) is 12.5 Å². The van der Waals surface area contributed by atoms with Crippen molar-refractivity contribution in [3.8, 4) is 5.75 Å². The second kappa shape index (κ2) is 5.71. The van der Waals surface area contributed by atoms with Crippen molar-refractivity contribution >= 4 is 9.84 Å². The van der Waals surface area contributed by atoms with E-state index in [2.05, 4.69) is 5.32 Å². The van der Waals surface area contributed by atoms with Crippen molar-refractivity contribution < 1.29 is 13.2 Å². The molecular formula is C13H19NO3S. The van der Waals surface area contributed by atoms with Gasteiger partial charge in [-0.3, -0.25) is 0 Å². The Labute approximate surface area is 108 Å². The van der Waals surface area contributed by atoms with E-state index in [4.69, 9.17) is 4.74 Å². The Balaban J connectivity index is 1.97. The Morgan fingerprint density at radius 3 is 2.89 bits per heavy atom. The Hall–Kier alpha value is -1.07. The lowest BCUT2D eigenvalue weighted by atomic mass is 10.1. The van der Waals surface area contributed by atoms with Gasteiger partial charge in [-0.05, 0) is 37.6 Å². The first-order valence-electron chi connectivity index (χ1n) is 6.22. The van der Waals surface area contributed by atoms with E-state index in [1.54, 1.807) is 24.3 Å². The summed E-state index contributed by atoms with van der Waals surface area (Å²) >= 11 is 0. The number of hydrogen-bond donors (Lipinski definition) is 1. The molecule has 0 amide bonds. The highest BCUT2D eigenvalue weighted by molar-refractivity contribution is 7.90. The monoisotopic (exact) mass is 269 g/mol. The lowest BCUT2D eigenvalue weighted by molar-refractivity contribution is 0.238. The summed E-state index contributed by atoms with van der Waals surface area (Å²) < 4.78 is 28.5. The summed E-state index contributed by atoms with van der Waals surface area (Å²) in [5.41, 5.74) is 0. The molecule has 1 N–H and O–H groups in total. The molecule has 0 saturated carbocycles. The van der Waals surface area contributed by atoms with Crippen LogP contribution in [0.5, 0.6) is 5.75 Å². The number of ether oxygens (including phenoxy) is 1. The zero-order chi connectivity index (χ0) is 13.0. The number of rotatable bonds is 4. The maximum Gasteiger partial charge on any atom is 0.175 e. The Kier molecular flexibility index (Phi) is 4.24. The van der Waals surface area contributed by atoms with Crippen LogP contribution >= 0.6 is 0 Å². The van der Waals surface area contributed by atoms with E-state index >= 15 is 0 Å². The summed E-state index contributed by atoms with van der Waals surface area (Å²) in [6, 6.07) is 7.04. The smallest absolute Gasteiger partial charge is 0.175 e. The molecule has 18 heavy (non-hydrogen) atoms. The third-order valence-electron chi connectivity index (χ3n) is 3.10. The van der Waals surface area contributed by atoms with Crippen LogP contribution in [0, 0.1) is 0 Å².